The number of aryl methyl sites for hydroxylation is 1. The zero-order chi connectivity index (χ0) is 21.3. The molecular weight excluding hydrogens is 380 g/mol. The van der Waals surface area contributed by atoms with Gasteiger partial charge in [-0.15, -0.1) is 0 Å². The zero-order valence-corrected chi connectivity index (χ0v) is 18.2. The van der Waals surface area contributed by atoms with Crippen LogP contribution in [0.15, 0.2) is 18.2 Å². The van der Waals surface area contributed by atoms with Gasteiger partial charge in [0, 0.05) is 12.1 Å². The largest absolute Gasteiger partial charge is 0.321 e. The van der Waals surface area contributed by atoms with E-state index in [-0.39, 0.29) is 23.1 Å². The number of anilines is 1. The second kappa shape index (κ2) is 8.47. The summed E-state index contributed by atoms with van der Waals surface area (Å²) < 4.78 is 0. The molecule has 3 amide bonds. The first kappa shape index (κ1) is 21.0. The van der Waals surface area contributed by atoms with Crippen LogP contribution in [0.2, 0.25) is 0 Å². The molecule has 1 saturated carbocycles. The van der Waals surface area contributed by atoms with Gasteiger partial charge in [-0.05, 0) is 43.9 Å². The molecule has 2 aliphatic heterocycles. The van der Waals surface area contributed by atoms with E-state index >= 15 is 0 Å². The van der Waals surface area contributed by atoms with Crippen LogP contribution < -0.4 is 15.1 Å². The van der Waals surface area contributed by atoms with Crippen molar-refractivity contribution < 1.29 is 24.2 Å². The molecule has 1 aliphatic carbocycles. The number of amides is 3. The molecule has 2 heterocycles. The molecule has 3 aliphatic rings. The average Bonchev–Trinajstić information content (AvgIpc) is 3.27. The number of likely N-dealkylation sites (tertiary alicyclic amines) is 1. The van der Waals surface area contributed by atoms with E-state index in [1.807, 2.05) is 32.0 Å². The van der Waals surface area contributed by atoms with Gasteiger partial charge in [-0.1, -0.05) is 25.0 Å². The van der Waals surface area contributed by atoms with Gasteiger partial charge in [0.15, 0.2) is 13.2 Å². The van der Waals surface area contributed by atoms with Gasteiger partial charge in [-0.25, -0.2) is 4.90 Å². The van der Waals surface area contributed by atoms with Crippen molar-refractivity contribution in [2.24, 2.45) is 5.41 Å². The van der Waals surface area contributed by atoms with E-state index in [9.17, 15) is 14.4 Å². The summed E-state index contributed by atoms with van der Waals surface area (Å²) in [4.78, 5) is 41.9. The number of carbonyl (C=O) groups excluding carboxylic acids is 3. The number of nitrogens with zero attached hydrogens (tertiary/aromatic N) is 1. The van der Waals surface area contributed by atoms with E-state index in [1.165, 1.54) is 20.3 Å². The highest BCUT2D eigenvalue weighted by Crippen LogP contribution is 2.46. The number of piperazine rings is 1. The van der Waals surface area contributed by atoms with Crippen LogP contribution in [0.4, 0.5) is 5.69 Å². The van der Waals surface area contributed by atoms with Crippen molar-refractivity contribution in [1.82, 2.24) is 4.90 Å². The summed E-state index contributed by atoms with van der Waals surface area (Å²) in [7, 11) is 0. The smallest absolute Gasteiger partial charge is 0.279 e. The fourth-order valence-electron chi connectivity index (χ4n) is 5.29. The number of benzene rings is 1. The molecule has 162 valence electrons. The number of carbonyl (C=O) groups is 3. The van der Waals surface area contributed by atoms with Crippen LogP contribution in [0.5, 0.6) is 0 Å². The fourth-order valence-corrected chi connectivity index (χ4v) is 5.29. The molecule has 30 heavy (non-hydrogen) atoms. The van der Waals surface area contributed by atoms with Crippen LogP contribution in [0.25, 0.3) is 0 Å². The summed E-state index contributed by atoms with van der Waals surface area (Å²) in [6.45, 7) is 8.49. The second-order valence-corrected chi connectivity index (χ2v) is 9.42. The van der Waals surface area contributed by atoms with Gasteiger partial charge in [-0.3, -0.25) is 14.4 Å². The van der Waals surface area contributed by atoms with Gasteiger partial charge >= 0.3 is 0 Å². The fraction of sp³-hybridized carbons (Fsp3) is 0.609. The lowest BCUT2D eigenvalue weighted by Gasteiger charge is -2.31. The third kappa shape index (κ3) is 4.14. The number of hydrogen-bond acceptors (Lipinski definition) is 3. The molecule has 1 spiro atoms. The second-order valence-electron chi connectivity index (χ2n) is 9.42. The maximum atomic E-state index is 12.9. The summed E-state index contributed by atoms with van der Waals surface area (Å²) in [6.07, 6.45) is 4.28. The van der Waals surface area contributed by atoms with Crippen LogP contribution in [-0.2, 0) is 14.4 Å². The average molecular weight is 415 g/mol. The maximum Gasteiger partial charge on any atom is 0.279 e. The van der Waals surface area contributed by atoms with Gasteiger partial charge in [0.25, 0.3) is 5.91 Å². The van der Waals surface area contributed by atoms with E-state index in [0.29, 0.717) is 19.6 Å². The molecule has 2 saturated heterocycles. The molecule has 1 aromatic carbocycles. The monoisotopic (exact) mass is 414 g/mol. The van der Waals surface area contributed by atoms with Gasteiger partial charge in [0.05, 0.1) is 5.41 Å². The Morgan fingerprint density at radius 1 is 1.07 bits per heavy atom. The molecule has 3 fully saturated rings. The van der Waals surface area contributed by atoms with E-state index in [4.69, 9.17) is 0 Å². The summed E-state index contributed by atoms with van der Waals surface area (Å²) in [6, 6.07) is 5.95. The van der Waals surface area contributed by atoms with Crippen molar-refractivity contribution in [2.75, 3.05) is 44.7 Å². The van der Waals surface area contributed by atoms with E-state index in [1.54, 1.807) is 0 Å². The number of imide groups is 1. The first-order valence-corrected chi connectivity index (χ1v) is 11.3. The summed E-state index contributed by atoms with van der Waals surface area (Å²) in [5, 5.41) is 3.04. The van der Waals surface area contributed by atoms with Crippen molar-refractivity contribution in [1.29, 1.82) is 0 Å². The highest BCUT2D eigenvalue weighted by atomic mass is 16.2. The van der Waals surface area contributed by atoms with E-state index in [2.05, 4.69) is 5.32 Å². The Balaban J connectivity index is 1.25. The predicted molar refractivity (Wildman–Crippen MR) is 113 cm³/mol. The van der Waals surface area contributed by atoms with Gasteiger partial charge in [0.2, 0.25) is 11.8 Å². The lowest BCUT2D eigenvalue weighted by Crippen LogP contribution is -3.29. The van der Waals surface area contributed by atoms with Crippen LogP contribution in [0.1, 0.15) is 43.2 Å². The molecule has 4 rings (SSSR count). The Morgan fingerprint density at radius 2 is 1.73 bits per heavy atom. The van der Waals surface area contributed by atoms with Crippen LogP contribution in [0, 0.1) is 19.3 Å². The van der Waals surface area contributed by atoms with Crippen molar-refractivity contribution >= 4 is 23.4 Å². The first-order valence-electron chi connectivity index (χ1n) is 11.3. The quantitative estimate of drug-likeness (QED) is 0.558. The Bertz CT molecular complexity index is 839. The van der Waals surface area contributed by atoms with Crippen LogP contribution in [0.3, 0.4) is 0 Å². The molecule has 7 nitrogen and oxygen atoms in total. The topological polar surface area (TPSA) is 75.4 Å². The van der Waals surface area contributed by atoms with Gasteiger partial charge in [0.1, 0.15) is 26.2 Å². The maximum absolute atomic E-state index is 12.9. The summed E-state index contributed by atoms with van der Waals surface area (Å²) in [5.74, 6) is 0.118. The summed E-state index contributed by atoms with van der Waals surface area (Å²) >= 11 is 0. The van der Waals surface area contributed by atoms with E-state index < -0.39 is 0 Å². The van der Waals surface area contributed by atoms with E-state index in [0.717, 1.165) is 63.1 Å². The third-order valence-corrected chi connectivity index (χ3v) is 7.39. The lowest BCUT2D eigenvalue weighted by molar-refractivity contribution is -1.01. The Labute approximate surface area is 178 Å². The molecule has 0 unspecified atom stereocenters. The molecule has 3 N–H and O–H groups in total. The van der Waals surface area contributed by atoms with Crippen LogP contribution >= 0.6 is 0 Å². The Kier molecular flexibility index (Phi) is 5.93. The Hall–Kier alpha value is -2.25. The normalized spacial score (nSPS) is 25.9. The molecule has 0 aromatic heterocycles. The molecular formula is C23H34N4O3+2. The third-order valence-electron chi connectivity index (χ3n) is 7.39. The molecule has 7 heteroatoms. The standard InChI is InChI=1S/C23H32N4O3/c1-17-6-5-7-19(18(17)2)24-20(28)15-25-10-12-26(13-11-25)16-27-21(29)14-23(22(27)30)8-3-4-9-23/h5-7H,3-4,8-16H2,1-2H3,(H,24,28)/p+2. The zero-order valence-electron chi connectivity index (χ0n) is 18.2. The molecule has 0 atom stereocenters. The minimum absolute atomic E-state index is 0.0112. The lowest BCUT2D eigenvalue weighted by atomic mass is 9.85. The number of hydrogen-bond donors (Lipinski definition) is 3. The van der Waals surface area contributed by atoms with Crippen molar-refractivity contribution in [3.8, 4) is 0 Å². The Morgan fingerprint density at radius 3 is 2.43 bits per heavy atom. The minimum Gasteiger partial charge on any atom is -0.321 e. The van der Waals surface area contributed by atoms with Crippen LogP contribution in [-0.4, -0.2) is 62.0 Å². The number of quaternary nitrogens is 2. The molecule has 0 bridgehead atoms. The molecule has 0 radical (unpaired) electrons. The highest BCUT2D eigenvalue weighted by molar-refractivity contribution is 6.05. The van der Waals surface area contributed by atoms with Gasteiger partial charge < -0.3 is 15.1 Å². The SMILES string of the molecule is Cc1cccc(NC(=O)C[NH+]2CC[NH+](CN3C(=O)CC4(CCCC4)C3=O)CC2)c1C. The first-order chi connectivity index (χ1) is 14.4. The predicted octanol–water partition coefficient (Wildman–Crippen LogP) is -0.698. The highest BCUT2D eigenvalue weighted by Gasteiger charge is 2.53. The molecule has 1 aromatic rings. The van der Waals surface area contributed by atoms with Gasteiger partial charge in [-0.2, -0.15) is 0 Å². The van der Waals surface area contributed by atoms with Crippen molar-refractivity contribution in [3.05, 3.63) is 29.3 Å². The summed E-state index contributed by atoms with van der Waals surface area (Å²) in [5.41, 5.74) is 2.78. The van der Waals surface area contributed by atoms with Crippen molar-refractivity contribution in [3.63, 3.8) is 0 Å². The minimum atomic E-state index is -0.379. The number of nitrogens with one attached hydrogen (secondary N) is 3. The number of rotatable bonds is 5. The van der Waals surface area contributed by atoms with Crippen molar-refractivity contribution in [2.45, 2.75) is 46.0 Å².